The van der Waals surface area contributed by atoms with E-state index in [9.17, 15) is 19.4 Å². The number of hydrogen-bond donors (Lipinski definition) is 3. The Labute approximate surface area is 329 Å². The average molecular weight is 774 g/mol. The van der Waals surface area contributed by atoms with Gasteiger partial charge in [0.1, 0.15) is 13.2 Å². The zero-order valence-electron chi connectivity index (χ0n) is 35.8. The van der Waals surface area contributed by atoms with Gasteiger partial charge in [0.2, 0.25) is 5.91 Å². The van der Waals surface area contributed by atoms with E-state index in [4.69, 9.17) is 9.05 Å². The highest BCUT2D eigenvalue weighted by Gasteiger charge is 2.27. The molecule has 0 saturated heterocycles. The van der Waals surface area contributed by atoms with Crippen molar-refractivity contribution < 1.29 is 32.9 Å². The molecule has 0 aromatic carbocycles. The molecule has 8 nitrogen and oxygen atoms in total. The van der Waals surface area contributed by atoms with Crippen LogP contribution in [0.25, 0.3) is 0 Å². The number of aliphatic hydroxyl groups excluding tert-OH is 1. The molecule has 0 saturated carbocycles. The fraction of sp³-hybridized carbons (Fsp3) is 0.932. The van der Waals surface area contributed by atoms with E-state index >= 15 is 0 Å². The molecule has 3 atom stereocenters. The Bertz CT molecular complexity index is 880. The molecule has 1 amide bonds. The molecule has 0 aliphatic carbocycles. The Morgan fingerprint density at radius 3 is 1.40 bits per heavy atom. The Morgan fingerprint density at radius 2 is 1.00 bits per heavy atom. The minimum absolute atomic E-state index is 0.0643. The van der Waals surface area contributed by atoms with Gasteiger partial charge in [0.05, 0.1) is 39.9 Å². The van der Waals surface area contributed by atoms with E-state index in [0.717, 1.165) is 38.5 Å². The maximum Gasteiger partial charge on any atom is 0.472 e. The van der Waals surface area contributed by atoms with E-state index < -0.39 is 20.0 Å². The second-order valence-corrected chi connectivity index (χ2v) is 18.2. The monoisotopic (exact) mass is 774 g/mol. The first-order chi connectivity index (χ1) is 25.5. The first-order valence-electron chi connectivity index (χ1n) is 22.6. The van der Waals surface area contributed by atoms with E-state index in [1.807, 2.05) is 27.2 Å². The second-order valence-electron chi connectivity index (χ2n) is 16.8. The Balaban J connectivity index is 4.23. The summed E-state index contributed by atoms with van der Waals surface area (Å²) in [5.41, 5.74) is 0. The summed E-state index contributed by atoms with van der Waals surface area (Å²) in [6.45, 7) is 4.81. The van der Waals surface area contributed by atoms with E-state index in [-0.39, 0.29) is 19.1 Å². The quantitative estimate of drug-likeness (QED) is 0.0247. The van der Waals surface area contributed by atoms with Crippen molar-refractivity contribution in [2.24, 2.45) is 0 Å². The second kappa shape index (κ2) is 36.9. The molecular formula is C44H90N2O6P+. The van der Waals surface area contributed by atoms with Gasteiger partial charge in [0.15, 0.2) is 0 Å². The summed E-state index contributed by atoms with van der Waals surface area (Å²) in [5, 5.41) is 13.8. The first-order valence-corrected chi connectivity index (χ1v) is 24.1. The summed E-state index contributed by atoms with van der Waals surface area (Å²) >= 11 is 0. The van der Waals surface area contributed by atoms with Crippen LogP contribution in [0.1, 0.15) is 213 Å². The first kappa shape index (κ1) is 52.2. The summed E-state index contributed by atoms with van der Waals surface area (Å²) in [6, 6.07) is -0.838. The van der Waals surface area contributed by atoms with Gasteiger partial charge >= 0.3 is 7.82 Å². The van der Waals surface area contributed by atoms with Crippen LogP contribution in [0.3, 0.4) is 0 Å². The molecule has 53 heavy (non-hydrogen) atoms. The van der Waals surface area contributed by atoms with Crippen LogP contribution in [-0.2, 0) is 18.4 Å². The number of unbranched alkanes of at least 4 members (excludes halogenated alkanes) is 28. The fourth-order valence-electron chi connectivity index (χ4n) is 6.63. The minimum atomic E-state index is -4.33. The zero-order valence-corrected chi connectivity index (χ0v) is 36.7. The maximum absolute atomic E-state index is 12.8. The number of quaternary nitrogens is 1. The molecule has 0 fully saturated rings. The molecule has 0 aromatic heterocycles. The third-order valence-corrected chi connectivity index (χ3v) is 11.2. The molecule has 0 radical (unpaired) electrons. The number of rotatable bonds is 41. The standard InChI is InChI=1S/C44H89N2O6P/c1-6-8-10-12-14-16-18-19-20-21-22-23-24-25-26-27-28-30-32-34-36-38-44(48)45-42(41-52-53(49,50)51-40-39-46(3,4)5)43(47)37-35-33-31-29-17-15-13-11-9-7-2/h35,37,42-43,47H,6-34,36,38-41H2,1-5H3,(H-,45,48,49,50)/p+1/b37-35+. The van der Waals surface area contributed by atoms with E-state index in [1.165, 1.54) is 154 Å². The van der Waals surface area contributed by atoms with Crippen LogP contribution in [-0.4, -0.2) is 73.4 Å². The summed E-state index contributed by atoms with van der Waals surface area (Å²) < 4.78 is 23.5. The number of likely N-dealkylation sites (N-methyl/N-ethyl adjacent to an activating group) is 1. The number of aliphatic hydroxyl groups is 1. The number of nitrogens with zero attached hydrogens (tertiary/aromatic N) is 1. The third-order valence-electron chi connectivity index (χ3n) is 10.3. The summed E-state index contributed by atoms with van der Waals surface area (Å²) in [5.74, 6) is -0.175. The van der Waals surface area contributed by atoms with Crippen LogP contribution >= 0.6 is 7.82 Å². The van der Waals surface area contributed by atoms with Gasteiger partial charge in [0, 0.05) is 6.42 Å². The molecule has 316 valence electrons. The van der Waals surface area contributed by atoms with Crippen molar-refractivity contribution in [1.29, 1.82) is 0 Å². The van der Waals surface area contributed by atoms with Gasteiger partial charge in [-0.05, 0) is 19.3 Å². The van der Waals surface area contributed by atoms with Crippen LogP contribution in [0.4, 0.5) is 0 Å². The Hall–Kier alpha value is -0.760. The molecule has 0 bridgehead atoms. The number of nitrogens with one attached hydrogen (secondary N) is 1. The van der Waals surface area contributed by atoms with Gasteiger partial charge in [-0.2, -0.15) is 0 Å². The summed E-state index contributed by atoms with van der Waals surface area (Å²) in [7, 11) is 1.58. The topological polar surface area (TPSA) is 105 Å². The zero-order chi connectivity index (χ0) is 39.3. The van der Waals surface area contributed by atoms with Gasteiger partial charge < -0.3 is 19.8 Å². The third kappa shape index (κ3) is 39.3. The van der Waals surface area contributed by atoms with E-state index in [1.54, 1.807) is 6.08 Å². The molecule has 0 aliphatic heterocycles. The van der Waals surface area contributed by atoms with Crippen LogP contribution in [0.5, 0.6) is 0 Å². The average Bonchev–Trinajstić information content (AvgIpc) is 3.10. The van der Waals surface area contributed by atoms with E-state index in [0.29, 0.717) is 17.4 Å². The molecule has 0 heterocycles. The van der Waals surface area contributed by atoms with Gasteiger partial charge in [0.25, 0.3) is 0 Å². The highest BCUT2D eigenvalue weighted by atomic mass is 31.2. The lowest BCUT2D eigenvalue weighted by Crippen LogP contribution is -2.45. The highest BCUT2D eigenvalue weighted by Crippen LogP contribution is 2.43. The van der Waals surface area contributed by atoms with Crippen LogP contribution in [0, 0.1) is 0 Å². The normalized spacial score (nSPS) is 14.5. The predicted octanol–water partition coefficient (Wildman–Crippen LogP) is 12.4. The fourth-order valence-corrected chi connectivity index (χ4v) is 7.37. The lowest BCUT2D eigenvalue weighted by molar-refractivity contribution is -0.870. The SMILES string of the molecule is CCCCCCCCCC/C=C/C(O)C(COP(=O)(O)OCC[N+](C)(C)C)NC(=O)CCCCCCCCCCCCCCCCCCCCCCC. The molecule has 9 heteroatoms. The molecular weight excluding hydrogens is 683 g/mol. The maximum atomic E-state index is 12.8. The molecule has 3 N–H and O–H groups in total. The van der Waals surface area contributed by atoms with Crippen molar-refractivity contribution in [2.75, 3.05) is 40.9 Å². The van der Waals surface area contributed by atoms with Crippen molar-refractivity contribution in [2.45, 2.75) is 225 Å². The molecule has 0 aromatic rings. The Kier molecular flexibility index (Phi) is 36.3. The van der Waals surface area contributed by atoms with Crippen molar-refractivity contribution in [3.63, 3.8) is 0 Å². The highest BCUT2D eigenvalue weighted by molar-refractivity contribution is 7.47. The lowest BCUT2D eigenvalue weighted by atomic mass is 10.0. The molecule has 0 spiro atoms. The largest absolute Gasteiger partial charge is 0.472 e. The Morgan fingerprint density at radius 1 is 0.623 bits per heavy atom. The number of hydrogen-bond acceptors (Lipinski definition) is 5. The number of carbonyl (C=O) groups excluding carboxylic acids is 1. The van der Waals surface area contributed by atoms with Crippen molar-refractivity contribution in [3.05, 3.63) is 12.2 Å². The summed E-state index contributed by atoms with van der Waals surface area (Å²) in [4.78, 5) is 23.1. The number of carbonyl (C=O) groups is 1. The van der Waals surface area contributed by atoms with Gasteiger partial charge in [-0.1, -0.05) is 199 Å². The minimum Gasteiger partial charge on any atom is -0.387 e. The van der Waals surface area contributed by atoms with Crippen molar-refractivity contribution in [3.8, 4) is 0 Å². The molecule has 3 unspecified atom stereocenters. The number of phosphoric ester groups is 1. The van der Waals surface area contributed by atoms with Crippen LogP contribution in [0.15, 0.2) is 12.2 Å². The van der Waals surface area contributed by atoms with Crippen LogP contribution < -0.4 is 5.32 Å². The van der Waals surface area contributed by atoms with E-state index in [2.05, 4.69) is 19.2 Å². The number of allylic oxidation sites excluding steroid dienone is 1. The van der Waals surface area contributed by atoms with Gasteiger partial charge in [-0.3, -0.25) is 13.8 Å². The predicted molar refractivity (Wildman–Crippen MR) is 226 cm³/mol. The van der Waals surface area contributed by atoms with Gasteiger partial charge in [-0.15, -0.1) is 0 Å². The number of amides is 1. The van der Waals surface area contributed by atoms with Crippen molar-refractivity contribution in [1.82, 2.24) is 5.32 Å². The summed E-state index contributed by atoms with van der Waals surface area (Å²) in [6.07, 6.45) is 41.4. The molecule has 0 aliphatic rings. The lowest BCUT2D eigenvalue weighted by Gasteiger charge is -2.25. The smallest absolute Gasteiger partial charge is 0.387 e. The van der Waals surface area contributed by atoms with Gasteiger partial charge in [-0.25, -0.2) is 4.57 Å². The van der Waals surface area contributed by atoms with Crippen LogP contribution in [0.2, 0.25) is 0 Å². The van der Waals surface area contributed by atoms with Crippen molar-refractivity contribution >= 4 is 13.7 Å². The molecule has 0 rings (SSSR count). The number of phosphoric acid groups is 1.